The molecule has 2 rings (SSSR count). The third-order valence-electron chi connectivity index (χ3n) is 2.81. The first-order valence-electron chi connectivity index (χ1n) is 5.99. The van der Waals surface area contributed by atoms with E-state index in [0.717, 1.165) is 5.56 Å². The highest BCUT2D eigenvalue weighted by Crippen LogP contribution is 2.28. The number of ether oxygens (including phenoxy) is 2. The molecule has 0 amide bonds. The Morgan fingerprint density at radius 2 is 1.79 bits per heavy atom. The molecule has 0 heterocycles. The topological polar surface area (TPSA) is 42.2 Å². The Morgan fingerprint density at radius 3 is 2.42 bits per heavy atom. The summed E-state index contributed by atoms with van der Waals surface area (Å²) < 4.78 is 10.9. The van der Waals surface area contributed by atoms with E-state index in [-0.39, 0.29) is 0 Å². The van der Waals surface area contributed by atoms with Gasteiger partial charge in [0.25, 0.3) is 0 Å². The van der Waals surface area contributed by atoms with Gasteiger partial charge in [0.15, 0.2) is 11.5 Å². The quantitative estimate of drug-likeness (QED) is 0.838. The summed E-state index contributed by atoms with van der Waals surface area (Å²) in [5.74, 6) is 1.22. The first kappa shape index (κ1) is 13.0. The summed E-state index contributed by atoms with van der Waals surface area (Å²) in [6.45, 7) is 2.52. The average Bonchev–Trinajstić information content (AvgIpc) is 2.46. The maximum Gasteiger partial charge on any atom is 0.162 e. The van der Waals surface area contributed by atoms with Crippen molar-refractivity contribution in [3.63, 3.8) is 0 Å². The summed E-state index contributed by atoms with van der Waals surface area (Å²) in [4.78, 5) is 0. The van der Waals surface area contributed by atoms with Gasteiger partial charge in [0.1, 0.15) is 6.61 Å². The van der Waals surface area contributed by atoms with E-state index in [1.54, 1.807) is 25.3 Å². The van der Waals surface area contributed by atoms with Gasteiger partial charge in [-0.05, 0) is 24.6 Å². The fraction of sp³-hybridized carbons (Fsp3) is 0.188. The van der Waals surface area contributed by atoms with Gasteiger partial charge in [0.2, 0.25) is 0 Å². The first-order valence-corrected chi connectivity index (χ1v) is 5.99. The molecule has 0 radical (unpaired) electrons. The highest BCUT2D eigenvalue weighted by atomic mass is 16.5. The summed E-state index contributed by atoms with van der Waals surface area (Å²) in [5.41, 5.74) is 2.87. The Hall–Kier alpha value is -2.47. The largest absolute Gasteiger partial charge is 0.493 e. The van der Waals surface area contributed by atoms with E-state index in [0.29, 0.717) is 23.7 Å². The van der Waals surface area contributed by atoms with Crippen LogP contribution in [0.4, 0.5) is 0 Å². The van der Waals surface area contributed by atoms with Crippen LogP contribution in [0.1, 0.15) is 16.7 Å². The number of aryl methyl sites for hydroxylation is 1. The molecule has 0 fully saturated rings. The molecule has 0 saturated heterocycles. The maximum atomic E-state index is 8.84. The average molecular weight is 253 g/mol. The Bertz CT molecular complexity index is 597. The van der Waals surface area contributed by atoms with Crippen molar-refractivity contribution in [1.82, 2.24) is 0 Å². The Balaban J connectivity index is 2.11. The molecule has 0 aliphatic heterocycles. The van der Waals surface area contributed by atoms with E-state index in [4.69, 9.17) is 14.7 Å². The van der Waals surface area contributed by atoms with E-state index in [2.05, 4.69) is 18.2 Å². The Morgan fingerprint density at radius 1 is 1.05 bits per heavy atom. The van der Waals surface area contributed by atoms with Crippen LogP contribution in [0.2, 0.25) is 0 Å². The second kappa shape index (κ2) is 5.92. The number of rotatable bonds is 4. The summed E-state index contributed by atoms with van der Waals surface area (Å²) in [6.07, 6.45) is 0. The SMILES string of the molecule is COc1cc(C#N)ccc1OCc1ccc(C)cc1. The van der Waals surface area contributed by atoms with Crippen LogP contribution in [-0.4, -0.2) is 7.11 Å². The number of nitriles is 1. The van der Waals surface area contributed by atoms with Crippen molar-refractivity contribution in [2.24, 2.45) is 0 Å². The van der Waals surface area contributed by atoms with Gasteiger partial charge < -0.3 is 9.47 Å². The van der Waals surface area contributed by atoms with Gasteiger partial charge in [-0.2, -0.15) is 5.26 Å². The standard InChI is InChI=1S/C16H15NO2/c1-12-3-5-13(6-4-12)11-19-15-8-7-14(10-17)9-16(15)18-2/h3-9H,11H2,1-2H3. The zero-order valence-electron chi connectivity index (χ0n) is 11.0. The smallest absolute Gasteiger partial charge is 0.162 e. The lowest BCUT2D eigenvalue weighted by atomic mass is 10.2. The van der Waals surface area contributed by atoms with Crippen LogP contribution in [-0.2, 0) is 6.61 Å². The number of hydrogen-bond donors (Lipinski definition) is 0. The molecule has 2 aromatic rings. The van der Waals surface area contributed by atoms with E-state index < -0.39 is 0 Å². The van der Waals surface area contributed by atoms with Gasteiger partial charge in [-0.3, -0.25) is 0 Å². The molecular weight excluding hydrogens is 238 g/mol. The molecule has 3 nitrogen and oxygen atoms in total. The van der Waals surface area contributed by atoms with E-state index in [9.17, 15) is 0 Å². The van der Waals surface area contributed by atoms with Gasteiger partial charge in [-0.15, -0.1) is 0 Å². The van der Waals surface area contributed by atoms with Crippen LogP contribution in [0.15, 0.2) is 42.5 Å². The highest BCUT2D eigenvalue weighted by Gasteiger charge is 2.05. The van der Waals surface area contributed by atoms with Crippen molar-refractivity contribution in [2.75, 3.05) is 7.11 Å². The lowest BCUT2D eigenvalue weighted by Gasteiger charge is -2.11. The number of methoxy groups -OCH3 is 1. The monoisotopic (exact) mass is 253 g/mol. The number of hydrogen-bond acceptors (Lipinski definition) is 3. The highest BCUT2D eigenvalue weighted by molar-refractivity contribution is 5.46. The minimum atomic E-state index is 0.475. The Labute approximate surface area is 113 Å². The second-order valence-corrected chi connectivity index (χ2v) is 4.25. The third-order valence-corrected chi connectivity index (χ3v) is 2.81. The van der Waals surface area contributed by atoms with Crippen LogP contribution in [0.3, 0.4) is 0 Å². The Kier molecular flexibility index (Phi) is 4.04. The number of benzene rings is 2. The molecule has 0 aliphatic rings. The van der Waals surface area contributed by atoms with Crippen molar-refractivity contribution in [3.8, 4) is 17.6 Å². The maximum absolute atomic E-state index is 8.84. The molecule has 0 N–H and O–H groups in total. The van der Waals surface area contributed by atoms with Crippen LogP contribution < -0.4 is 9.47 Å². The second-order valence-electron chi connectivity index (χ2n) is 4.25. The van der Waals surface area contributed by atoms with Crippen molar-refractivity contribution in [3.05, 3.63) is 59.2 Å². The van der Waals surface area contributed by atoms with E-state index in [1.165, 1.54) is 5.56 Å². The van der Waals surface area contributed by atoms with E-state index >= 15 is 0 Å². The van der Waals surface area contributed by atoms with Crippen molar-refractivity contribution < 1.29 is 9.47 Å². The molecule has 3 heteroatoms. The van der Waals surface area contributed by atoms with Gasteiger partial charge in [-0.1, -0.05) is 29.8 Å². The van der Waals surface area contributed by atoms with Crippen LogP contribution in [0, 0.1) is 18.3 Å². The van der Waals surface area contributed by atoms with E-state index in [1.807, 2.05) is 19.1 Å². The molecule has 2 aromatic carbocycles. The third kappa shape index (κ3) is 3.26. The summed E-state index contributed by atoms with van der Waals surface area (Å²) in [6, 6.07) is 15.4. The molecule has 0 saturated carbocycles. The van der Waals surface area contributed by atoms with Gasteiger partial charge in [0.05, 0.1) is 18.7 Å². The summed E-state index contributed by atoms with van der Waals surface area (Å²) in [5, 5.41) is 8.84. The first-order chi connectivity index (χ1) is 9.22. The zero-order valence-corrected chi connectivity index (χ0v) is 11.0. The van der Waals surface area contributed by atoms with Crippen LogP contribution in [0.5, 0.6) is 11.5 Å². The van der Waals surface area contributed by atoms with Crippen LogP contribution >= 0.6 is 0 Å². The number of nitrogens with zero attached hydrogens (tertiary/aromatic N) is 1. The zero-order chi connectivity index (χ0) is 13.7. The molecule has 96 valence electrons. The van der Waals surface area contributed by atoms with Crippen molar-refractivity contribution in [1.29, 1.82) is 5.26 Å². The molecule has 0 aliphatic carbocycles. The molecule has 0 spiro atoms. The molecule has 0 aromatic heterocycles. The fourth-order valence-corrected chi connectivity index (χ4v) is 1.70. The van der Waals surface area contributed by atoms with Gasteiger partial charge >= 0.3 is 0 Å². The molecule has 0 unspecified atom stereocenters. The fourth-order valence-electron chi connectivity index (χ4n) is 1.70. The molecule has 19 heavy (non-hydrogen) atoms. The molecule has 0 atom stereocenters. The van der Waals surface area contributed by atoms with Gasteiger partial charge in [-0.25, -0.2) is 0 Å². The molecular formula is C16H15NO2. The molecule has 0 bridgehead atoms. The van der Waals surface area contributed by atoms with Gasteiger partial charge in [0, 0.05) is 6.07 Å². The predicted molar refractivity (Wildman–Crippen MR) is 73.2 cm³/mol. The predicted octanol–water partition coefficient (Wildman–Crippen LogP) is 3.45. The minimum absolute atomic E-state index is 0.475. The summed E-state index contributed by atoms with van der Waals surface area (Å²) >= 11 is 0. The lowest BCUT2D eigenvalue weighted by molar-refractivity contribution is 0.284. The summed E-state index contributed by atoms with van der Waals surface area (Å²) in [7, 11) is 1.56. The normalized spacial score (nSPS) is 9.74. The van der Waals surface area contributed by atoms with Crippen LogP contribution in [0.25, 0.3) is 0 Å². The lowest BCUT2D eigenvalue weighted by Crippen LogP contribution is -1.98. The van der Waals surface area contributed by atoms with Crippen molar-refractivity contribution >= 4 is 0 Å². The van der Waals surface area contributed by atoms with Crippen molar-refractivity contribution in [2.45, 2.75) is 13.5 Å². The minimum Gasteiger partial charge on any atom is -0.493 e.